The molecule has 0 saturated heterocycles. The second-order valence-corrected chi connectivity index (χ2v) is 6.49. The van der Waals surface area contributed by atoms with Gasteiger partial charge in [0.1, 0.15) is 0 Å². The Morgan fingerprint density at radius 1 is 0.864 bits per heavy atom. The molecule has 0 fully saturated rings. The van der Waals surface area contributed by atoms with Gasteiger partial charge in [-0.25, -0.2) is 13.1 Å². The van der Waals surface area contributed by atoms with Crippen LogP contribution in [0.4, 0.5) is 0 Å². The maximum atomic E-state index is 11.9. The smallest absolute Gasteiger partial charge is 0.240 e. The molecular formula is C16H18N2O3S. The van der Waals surface area contributed by atoms with E-state index in [0.717, 1.165) is 5.56 Å². The van der Waals surface area contributed by atoms with E-state index in [0.29, 0.717) is 0 Å². The van der Waals surface area contributed by atoms with Crippen molar-refractivity contribution in [1.29, 1.82) is 0 Å². The Kier molecular flexibility index (Phi) is 5.68. The first kappa shape index (κ1) is 16.2. The number of hydrogen-bond acceptors (Lipinski definition) is 3. The minimum atomic E-state index is -3.52. The van der Waals surface area contributed by atoms with Crippen molar-refractivity contribution in [1.82, 2.24) is 10.0 Å². The number of benzene rings is 2. The first-order valence-corrected chi connectivity index (χ1v) is 8.41. The Hall–Kier alpha value is -2.18. The van der Waals surface area contributed by atoms with Crippen molar-refractivity contribution in [2.75, 3.05) is 13.1 Å². The molecule has 22 heavy (non-hydrogen) atoms. The normalized spacial score (nSPS) is 11.1. The molecule has 0 aromatic heterocycles. The van der Waals surface area contributed by atoms with Gasteiger partial charge >= 0.3 is 0 Å². The molecule has 0 atom stereocenters. The van der Waals surface area contributed by atoms with Crippen LogP contribution in [0.2, 0.25) is 0 Å². The van der Waals surface area contributed by atoms with Gasteiger partial charge in [-0.15, -0.1) is 0 Å². The van der Waals surface area contributed by atoms with Gasteiger partial charge in [0.25, 0.3) is 0 Å². The monoisotopic (exact) mass is 318 g/mol. The summed E-state index contributed by atoms with van der Waals surface area (Å²) in [6.07, 6.45) is 0.284. The van der Waals surface area contributed by atoms with Crippen molar-refractivity contribution >= 4 is 15.9 Å². The molecule has 1 amide bonds. The van der Waals surface area contributed by atoms with Crippen LogP contribution in [0.25, 0.3) is 0 Å². The van der Waals surface area contributed by atoms with E-state index < -0.39 is 10.0 Å². The first-order chi connectivity index (χ1) is 10.6. The molecule has 0 heterocycles. The Balaban J connectivity index is 1.74. The van der Waals surface area contributed by atoms with E-state index in [-0.39, 0.29) is 30.3 Å². The third kappa shape index (κ3) is 4.98. The highest BCUT2D eigenvalue weighted by atomic mass is 32.2. The number of nitrogens with one attached hydrogen (secondary N) is 2. The van der Waals surface area contributed by atoms with Gasteiger partial charge in [-0.05, 0) is 17.7 Å². The van der Waals surface area contributed by atoms with Gasteiger partial charge in [-0.2, -0.15) is 0 Å². The number of carbonyl (C=O) groups is 1. The summed E-state index contributed by atoms with van der Waals surface area (Å²) in [6, 6.07) is 17.5. The van der Waals surface area contributed by atoms with Crippen LogP contribution in [-0.4, -0.2) is 27.4 Å². The van der Waals surface area contributed by atoms with E-state index in [2.05, 4.69) is 10.0 Å². The molecule has 2 aromatic carbocycles. The van der Waals surface area contributed by atoms with Crippen LogP contribution in [-0.2, 0) is 21.2 Å². The fourth-order valence-corrected chi connectivity index (χ4v) is 2.97. The quantitative estimate of drug-likeness (QED) is 0.756. The molecule has 2 aromatic rings. The fraction of sp³-hybridized carbons (Fsp3) is 0.188. The summed E-state index contributed by atoms with van der Waals surface area (Å²) in [4.78, 5) is 11.9. The molecule has 0 aliphatic heterocycles. The standard InChI is InChI=1S/C16H18N2O3S/c19-16(13-14-7-3-1-4-8-14)17-11-12-18-22(20,21)15-9-5-2-6-10-15/h1-10,18H,11-13H2,(H,17,19). The fourth-order valence-electron chi connectivity index (χ4n) is 1.91. The zero-order valence-corrected chi connectivity index (χ0v) is 12.8. The lowest BCUT2D eigenvalue weighted by Crippen LogP contribution is -2.35. The summed E-state index contributed by atoms with van der Waals surface area (Å²) >= 11 is 0. The van der Waals surface area contributed by atoms with E-state index in [1.807, 2.05) is 30.3 Å². The van der Waals surface area contributed by atoms with Crippen LogP contribution in [0.3, 0.4) is 0 Å². The summed E-state index contributed by atoms with van der Waals surface area (Å²) < 4.78 is 26.3. The van der Waals surface area contributed by atoms with Crippen LogP contribution in [0, 0.1) is 0 Å². The lowest BCUT2D eigenvalue weighted by atomic mass is 10.1. The van der Waals surface area contributed by atoms with Gasteiger partial charge in [0.05, 0.1) is 11.3 Å². The first-order valence-electron chi connectivity index (χ1n) is 6.93. The van der Waals surface area contributed by atoms with Crippen molar-refractivity contribution in [3.8, 4) is 0 Å². The van der Waals surface area contributed by atoms with Crippen molar-refractivity contribution < 1.29 is 13.2 Å². The Morgan fingerprint density at radius 3 is 2.09 bits per heavy atom. The molecule has 2 N–H and O–H groups in total. The van der Waals surface area contributed by atoms with E-state index in [1.165, 1.54) is 12.1 Å². The van der Waals surface area contributed by atoms with Gasteiger partial charge in [-0.3, -0.25) is 4.79 Å². The second kappa shape index (κ2) is 7.72. The molecule has 0 saturated carbocycles. The van der Waals surface area contributed by atoms with Gasteiger partial charge in [0.2, 0.25) is 15.9 Å². The predicted octanol–water partition coefficient (Wildman–Crippen LogP) is 1.32. The van der Waals surface area contributed by atoms with E-state index in [4.69, 9.17) is 0 Å². The third-order valence-electron chi connectivity index (χ3n) is 3.00. The van der Waals surface area contributed by atoms with Crippen LogP contribution in [0.15, 0.2) is 65.6 Å². The molecule has 0 spiro atoms. The summed E-state index contributed by atoms with van der Waals surface area (Å²) in [6.45, 7) is 0.398. The Morgan fingerprint density at radius 2 is 1.45 bits per heavy atom. The summed E-state index contributed by atoms with van der Waals surface area (Å²) in [5.41, 5.74) is 0.921. The highest BCUT2D eigenvalue weighted by Gasteiger charge is 2.12. The predicted molar refractivity (Wildman–Crippen MR) is 84.8 cm³/mol. The lowest BCUT2D eigenvalue weighted by Gasteiger charge is -2.08. The van der Waals surface area contributed by atoms with Crippen molar-refractivity contribution in [2.45, 2.75) is 11.3 Å². The number of carbonyl (C=O) groups excluding carboxylic acids is 1. The van der Waals surface area contributed by atoms with Crippen LogP contribution >= 0.6 is 0 Å². The summed E-state index contributed by atoms with van der Waals surface area (Å²) in [5, 5.41) is 2.69. The van der Waals surface area contributed by atoms with Crippen LogP contribution in [0.1, 0.15) is 5.56 Å². The maximum absolute atomic E-state index is 11.9. The largest absolute Gasteiger partial charge is 0.355 e. The number of hydrogen-bond donors (Lipinski definition) is 2. The molecule has 6 heteroatoms. The maximum Gasteiger partial charge on any atom is 0.240 e. The van der Waals surface area contributed by atoms with Gasteiger partial charge in [0.15, 0.2) is 0 Å². The second-order valence-electron chi connectivity index (χ2n) is 4.72. The van der Waals surface area contributed by atoms with Gasteiger partial charge in [0, 0.05) is 13.1 Å². The van der Waals surface area contributed by atoms with Gasteiger partial charge in [-0.1, -0.05) is 48.5 Å². The molecular weight excluding hydrogens is 300 g/mol. The average Bonchev–Trinajstić information content (AvgIpc) is 2.53. The number of rotatable bonds is 7. The molecule has 0 radical (unpaired) electrons. The number of amides is 1. The van der Waals surface area contributed by atoms with Gasteiger partial charge < -0.3 is 5.32 Å². The van der Waals surface area contributed by atoms with Crippen molar-refractivity contribution in [2.24, 2.45) is 0 Å². The molecule has 0 bridgehead atoms. The molecule has 5 nitrogen and oxygen atoms in total. The highest BCUT2D eigenvalue weighted by molar-refractivity contribution is 7.89. The van der Waals surface area contributed by atoms with E-state index in [1.54, 1.807) is 18.2 Å². The molecule has 2 rings (SSSR count). The molecule has 0 unspecified atom stereocenters. The van der Waals surface area contributed by atoms with Crippen LogP contribution in [0.5, 0.6) is 0 Å². The van der Waals surface area contributed by atoms with E-state index >= 15 is 0 Å². The minimum Gasteiger partial charge on any atom is -0.355 e. The zero-order chi connectivity index (χ0) is 15.8. The lowest BCUT2D eigenvalue weighted by molar-refractivity contribution is -0.120. The zero-order valence-electron chi connectivity index (χ0n) is 12.0. The van der Waals surface area contributed by atoms with Crippen LogP contribution < -0.4 is 10.0 Å². The minimum absolute atomic E-state index is 0.134. The average molecular weight is 318 g/mol. The summed E-state index contributed by atoms with van der Waals surface area (Å²) in [5.74, 6) is -0.134. The number of sulfonamides is 1. The topological polar surface area (TPSA) is 75.3 Å². The SMILES string of the molecule is O=C(Cc1ccccc1)NCCNS(=O)(=O)c1ccccc1. The van der Waals surface area contributed by atoms with Crippen molar-refractivity contribution in [3.63, 3.8) is 0 Å². The van der Waals surface area contributed by atoms with Crippen molar-refractivity contribution in [3.05, 3.63) is 66.2 Å². The molecule has 116 valence electrons. The third-order valence-corrected chi connectivity index (χ3v) is 4.48. The highest BCUT2D eigenvalue weighted by Crippen LogP contribution is 2.06. The molecule has 0 aliphatic carbocycles. The Labute approximate surface area is 130 Å². The van der Waals surface area contributed by atoms with E-state index in [9.17, 15) is 13.2 Å². The summed E-state index contributed by atoms with van der Waals surface area (Å²) in [7, 11) is -3.52. The molecule has 0 aliphatic rings. The Bertz CT molecular complexity index is 701.